The minimum atomic E-state index is -3.74. The minimum Gasteiger partial charge on any atom is -0.348 e. The van der Waals surface area contributed by atoms with E-state index in [1.807, 2.05) is 6.92 Å². The SMILES string of the molecule is Cc1ccc(S(=O)(=O)OCC23CC2CC(=O)N3)cc1. The van der Waals surface area contributed by atoms with Gasteiger partial charge >= 0.3 is 0 Å². The second-order valence-corrected chi connectivity index (χ2v) is 6.95. The Hall–Kier alpha value is -1.40. The average molecular weight is 281 g/mol. The van der Waals surface area contributed by atoms with E-state index in [1.54, 1.807) is 12.1 Å². The van der Waals surface area contributed by atoms with Crippen molar-refractivity contribution >= 4 is 16.0 Å². The van der Waals surface area contributed by atoms with Gasteiger partial charge in [0, 0.05) is 6.42 Å². The molecule has 1 amide bonds. The molecule has 1 heterocycles. The molecule has 3 rings (SSSR count). The summed E-state index contributed by atoms with van der Waals surface area (Å²) in [6, 6.07) is 6.51. The maximum Gasteiger partial charge on any atom is 0.297 e. The van der Waals surface area contributed by atoms with Crippen LogP contribution in [0.3, 0.4) is 0 Å². The summed E-state index contributed by atoms with van der Waals surface area (Å²) in [7, 11) is -3.74. The molecule has 2 aliphatic rings. The molecule has 2 atom stereocenters. The standard InChI is InChI=1S/C13H15NO4S/c1-9-2-4-11(5-3-9)19(16,17)18-8-13-7-10(13)6-12(15)14-13/h2-5,10H,6-8H2,1H3,(H,14,15). The van der Waals surface area contributed by atoms with Crippen LogP contribution in [0.5, 0.6) is 0 Å². The fourth-order valence-electron chi connectivity index (χ4n) is 2.52. The van der Waals surface area contributed by atoms with Gasteiger partial charge in [0.25, 0.3) is 10.1 Å². The molecule has 102 valence electrons. The molecule has 2 unspecified atom stereocenters. The number of nitrogens with one attached hydrogen (secondary N) is 1. The van der Waals surface area contributed by atoms with Gasteiger partial charge in [0.1, 0.15) is 0 Å². The average Bonchev–Trinajstić information content (AvgIpc) is 2.91. The van der Waals surface area contributed by atoms with Crippen LogP contribution in [0, 0.1) is 12.8 Å². The smallest absolute Gasteiger partial charge is 0.297 e. The summed E-state index contributed by atoms with van der Waals surface area (Å²) in [4.78, 5) is 11.4. The van der Waals surface area contributed by atoms with E-state index < -0.39 is 15.7 Å². The number of hydrogen-bond donors (Lipinski definition) is 1. The number of piperidine rings is 1. The molecule has 1 saturated heterocycles. The zero-order chi connectivity index (χ0) is 13.7. The number of benzene rings is 1. The third kappa shape index (κ3) is 2.26. The van der Waals surface area contributed by atoms with Gasteiger partial charge in [0.2, 0.25) is 5.91 Å². The number of carbonyl (C=O) groups excluding carboxylic acids is 1. The first-order chi connectivity index (χ1) is 8.91. The number of rotatable bonds is 4. The van der Waals surface area contributed by atoms with Crippen LogP contribution < -0.4 is 5.32 Å². The number of carbonyl (C=O) groups is 1. The van der Waals surface area contributed by atoms with Gasteiger partial charge < -0.3 is 5.32 Å². The van der Waals surface area contributed by atoms with E-state index >= 15 is 0 Å². The van der Waals surface area contributed by atoms with Crippen molar-refractivity contribution in [3.05, 3.63) is 29.8 Å². The molecule has 1 aromatic rings. The summed E-state index contributed by atoms with van der Waals surface area (Å²) in [5, 5.41) is 2.81. The molecule has 1 aromatic carbocycles. The van der Waals surface area contributed by atoms with E-state index in [0.29, 0.717) is 6.42 Å². The Morgan fingerprint density at radius 2 is 2.05 bits per heavy atom. The van der Waals surface area contributed by atoms with Crippen LogP contribution in [0.15, 0.2) is 29.2 Å². The van der Waals surface area contributed by atoms with E-state index in [9.17, 15) is 13.2 Å². The van der Waals surface area contributed by atoms with E-state index in [4.69, 9.17) is 4.18 Å². The molecule has 1 saturated carbocycles. The zero-order valence-corrected chi connectivity index (χ0v) is 11.4. The van der Waals surface area contributed by atoms with Crippen molar-refractivity contribution < 1.29 is 17.4 Å². The van der Waals surface area contributed by atoms with Crippen molar-refractivity contribution in [1.29, 1.82) is 0 Å². The predicted molar refractivity (Wildman–Crippen MR) is 67.9 cm³/mol. The Bertz CT molecular complexity index is 623. The van der Waals surface area contributed by atoms with E-state index in [2.05, 4.69) is 5.32 Å². The second kappa shape index (κ2) is 4.05. The minimum absolute atomic E-state index is 0.0208. The van der Waals surface area contributed by atoms with Gasteiger partial charge in [-0.15, -0.1) is 0 Å². The summed E-state index contributed by atoms with van der Waals surface area (Å²) < 4.78 is 29.1. The highest BCUT2D eigenvalue weighted by Gasteiger charge is 2.61. The summed E-state index contributed by atoms with van der Waals surface area (Å²) in [5.41, 5.74) is 0.553. The Morgan fingerprint density at radius 1 is 1.37 bits per heavy atom. The predicted octanol–water partition coefficient (Wildman–Crippen LogP) is 0.979. The molecule has 0 spiro atoms. The van der Waals surface area contributed by atoms with E-state index in [0.717, 1.165) is 12.0 Å². The molecule has 1 aliphatic heterocycles. The summed E-state index contributed by atoms with van der Waals surface area (Å²) in [6.07, 6.45) is 1.29. The second-order valence-electron chi connectivity index (χ2n) is 5.34. The maximum absolute atomic E-state index is 12.0. The Balaban J connectivity index is 1.70. The van der Waals surface area contributed by atoms with Gasteiger partial charge in [0.05, 0.1) is 17.0 Å². The molecule has 1 N–H and O–H groups in total. The topological polar surface area (TPSA) is 72.5 Å². The number of fused-ring (bicyclic) bond motifs is 1. The zero-order valence-electron chi connectivity index (χ0n) is 10.5. The van der Waals surface area contributed by atoms with Gasteiger partial charge in [-0.2, -0.15) is 8.42 Å². The molecular formula is C13H15NO4S. The molecule has 0 radical (unpaired) electrons. The van der Waals surface area contributed by atoms with Gasteiger partial charge in [-0.1, -0.05) is 17.7 Å². The lowest BCUT2D eigenvalue weighted by Crippen LogP contribution is -2.36. The normalized spacial score (nSPS) is 28.9. The number of amides is 1. The van der Waals surface area contributed by atoms with Crippen LogP contribution in [0.2, 0.25) is 0 Å². The number of hydrogen-bond acceptors (Lipinski definition) is 4. The highest BCUT2D eigenvalue weighted by atomic mass is 32.2. The summed E-state index contributed by atoms with van der Waals surface area (Å²) in [5.74, 6) is 0.209. The van der Waals surface area contributed by atoms with Gasteiger partial charge in [0.15, 0.2) is 0 Å². The molecule has 2 fully saturated rings. The van der Waals surface area contributed by atoms with Crippen LogP contribution in [0.4, 0.5) is 0 Å². The third-order valence-electron chi connectivity index (χ3n) is 3.83. The fourth-order valence-corrected chi connectivity index (χ4v) is 3.49. The molecule has 1 aliphatic carbocycles. The lowest BCUT2D eigenvalue weighted by atomic mass is 10.2. The summed E-state index contributed by atoms with van der Waals surface area (Å²) in [6.45, 7) is 1.92. The Morgan fingerprint density at radius 3 is 2.63 bits per heavy atom. The van der Waals surface area contributed by atoms with Crippen LogP contribution in [0.25, 0.3) is 0 Å². The van der Waals surface area contributed by atoms with Crippen molar-refractivity contribution in [3.8, 4) is 0 Å². The van der Waals surface area contributed by atoms with E-state index in [-0.39, 0.29) is 23.3 Å². The highest BCUT2D eigenvalue weighted by Crippen LogP contribution is 2.50. The first-order valence-electron chi connectivity index (χ1n) is 6.18. The van der Waals surface area contributed by atoms with Crippen molar-refractivity contribution in [2.75, 3.05) is 6.61 Å². The molecule has 0 bridgehead atoms. The first kappa shape index (κ1) is 12.6. The fraction of sp³-hybridized carbons (Fsp3) is 0.462. The van der Waals surface area contributed by atoms with Crippen LogP contribution in [-0.2, 0) is 19.1 Å². The van der Waals surface area contributed by atoms with Crippen molar-refractivity contribution in [3.63, 3.8) is 0 Å². The van der Waals surface area contributed by atoms with Crippen molar-refractivity contribution in [2.24, 2.45) is 5.92 Å². The molecule has 19 heavy (non-hydrogen) atoms. The number of aryl methyl sites for hydroxylation is 1. The van der Waals surface area contributed by atoms with Crippen LogP contribution in [0.1, 0.15) is 18.4 Å². The van der Waals surface area contributed by atoms with Gasteiger partial charge in [-0.05, 0) is 31.4 Å². The molecule has 5 nitrogen and oxygen atoms in total. The lowest BCUT2D eigenvalue weighted by molar-refractivity contribution is -0.120. The quantitative estimate of drug-likeness (QED) is 0.835. The summed E-state index contributed by atoms with van der Waals surface area (Å²) >= 11 is 0. The van der Waals surface area contributed by atoms with Crippen molar-refractivity contribution in [1.82, 2.24) is 5.32 Å². The Labute approximate surface area is 112 Å². The van der Waals surface area contributed by atoms with Crippen molar-refractivity contribution in [2.45, 2.75) is 30.2 Å². The Kier molecular flexibility index (Phi) is 2.69. The first-order valence-corrected chi connectivity index (χ1v) is 7.59. The highest BCUT2D eigenvalue weighted by molar-refractivity contribution is 7.86. The molecular weight excluding hydrogens is 266 g/mol. The monoisotopic (exact) mass is 281 g/mol. The maximum atomic E-state index is 12.0. The van der Waals surface area contributed by atoms with E-state index in [1.165, 1.54) is 12.1 Å². The van der Waals surface area contributed by atoms with Crippen LogP contribution >= 0.6 is 0 Å². The van der Waals surface area contributed by atoms with Crippen LogP contribution in [-0.4, -0.2) is 26.5 Å². The third-order valence-corrected chi connectivity index (χ3v) is 5.11. The molecule has 6 heteroatoms. The largest absolute Gasteiger partial charge is 0.348 e. The van der Waals surface area contributed by atoms with Gasteiger partial charge in [-0.3, -0.25) is 8.98 Å². The molecule has 0 aromatic heterocycles. The lowest BCUT2D eigenvalue weighted by Gasteiger charge is -2.13. The van der Waals surface area contributed by atoms with Gasteiger partial charge in [-0.25, -0.2) is 0 Å².